The average molecular weight is 408 g/mol. The number of nitrogens with zero attached hydrogens (tertiary/aromatic N) is 3. The normalized spacial score (nSPS) is 11.3. The third kappa shape index (κ3) is 3.87. The Morgan fingerprint density at radius 3 is 2.73 bits per heavy atom. The van der Waals surface area contributed by atoms with Crippen molar-refractivity contribution in [2.24, 2.45) is 7.05 Å². The van der Waals surface area contributed by atoms with Gasteiger partial charge in [0.2, 0.25) is 0 Å². The van der Waals surface area contributed by atoms with Crippen LogP contribution in [0.5, 0.6) is 5.75 Å². The van der Waals surface area contributed by atoms with Crippen molar-refractivity contribution in [1.29, 1.82) is 0 Å². The molecule has 0 unspecified atom stereocenters. The maximum absolute atomic E-state index is 12.3. The van der Waals surface area contributed by atoms with Crippen molar-refractivity contribution in [1.82, 2.24) is 19.4 Å². The largest absolute Gasteiger partial charge is 0.484 e. The fourth-order valence-electron chi connectivity index (χ4n) is 3.62. The lowest BCUT2D eigenvalue weighted by Gasteiger charge is -2.20. The van der Waals surface area contributed by atoms with Gasteiger partial charge in [-0.15, -0.1) is 0 Å². The first-order valence-corrected chi connectivity index (χ1v) is 9.76. The molecule has 4 rings (SSSR count). The van der Waals surface area contributed by atoms with E-state index in [0.29, 0.717) is 5.75 Å². The van der Waals surface area contributed by atoms with E-state index in [2.05, 4.69) is 22.2 Å². The predicted molar refractivity (Wildman–Crippen MR) is 114 cm³/mol. The lowest BCUT2D eigenvalue weighted by Crippen LogP contribution is -2.38. The van der Waals surface area contributed by atoms with Crippen LogP contribution in [0.2, 0.25) is 0 Å². The number of aromatic amines is 1. The molecule has 3 N–H and O–H groups in total. The van der Waals surface area contributed by atoms with Crippen LogP contribution in [0.25, 0.3) is 33.2 Å². The number of pyridine rings is 1. The summed E-state index contributed by atoms with van der Waals surface area (Å²) in [6.07, 6.45) is 3.81. The molecule has 0 spiro atoms. The number of aryl methyl sites for hydroxylation is 1. The summed E-state index contributed by atoms with van der Waals surface area (Å²) in [6.45, 7) is -0.156. The molecule has 0 aliphatic rings. The van der Waals surface area contributed by atoms with Gasteiger partial charge in [0.1, 0.15) is 11.4 Å². The number of hydrogen-bond donors (Lipinski definition) is 3. The highest BCUT2D eigenvalue weighted by molar-refractivity contribution is 5.98. The molecule has 0 aliphatic heterocycles. The molecule has 0 aliphatic carbocycles. The highest BCUT2D eigenvalue weighted by Gasteiger charge is 2.15. The van der Waals surface area contributed by atoms with E-state index in [1.54, 1.807) is 6.20 Å². The minimum atomic E-state index is -0.284. The van der Waals surface area contributed by atoms with Gasteiger partial charge in [-0.25, -0.2) is 4.98 Å². The molecular weight excluding hydrogens is 384 g/mol. The molecule has 8 heteroatoms. The van der Waals surface area contributed by atoms with Crippen molar-refractivity contribution in [3.63, 3.8) is 0 Å². The highest BCUT2D eigenvalue weighted by atomic mass is 16.5. The number of aliphatic hydroxyl groups is 2. The number of nitrogens with one attached hydrogen (secondary N) is 1. The molecule has 0 saturated heterocycles. The quantitative estimate of drug-likeness (QED) is 0.413. The monoisotopic (exact) mass is 408 g/mol. The van der Waals surface area contributed by atoms with Gasteiger partial charge in [-0.05, 0) is 36.4 Å². The summed E-state index contributed by atoms with van der Waals surface area (Å²) >= 11 is 0. The number of carbonyl (C=O) groups excluding carboxylic acids is 1. The molecule has 4 aromatic rings. The molecule has 0 bridgehead atoms. The second kappa shape index (κ2) is 8.56. The van der Waals surface area contributed by atoms with Crippen LogP contribution in [0.15, 0.2) is 48.8 Å². The van der Waals surface area contributed by atoms with Gasteiger partial charge in [0.25, 0.3) is 5.91 Å². The predicted octanol–water partition coefficient (Wildman–Crippen LogP) is 1.91. The number of hydrogen-bond acceptors (Lipinski definition) is 5. The standard InChI is InChI=1S/C22H24N4O4/c1-25-13-18(19-11-15-3-2-6-23-22(15)24-19)17-12-16(4-5-20(17)25)30-14-21(29)26(7-9-27)8-10-28/h2-6,11-13,27-28H,7-10,14H2,1H3,(H,23,24). The lowest BCUT2D eigenvalue weighted by molar-refractivity contribution is -0.134. The summed E-state index contributed by atoms with van der Waals surface area (Å²) < 4.78 is 7.77. The SMILES string of the molecule is Cn1cc(-c2cc3cccnc3[nH]2)c2cc(OCC(=O)N(CCO)CCO)ccc21. The molecular formula is C22H24N4O4. The van der Waals surface area contributed by atoms with Crippen LogP contribution in [0, 0.1) is 0 Å². The number of amides is 1. The zero-order valence-corrected chi connectivity index (χ0v) is 16.7. The third-order valence-corrected chi connectivity index (χ3v) is 5.10. The van der Waals surface area contributed by atoms with Gasteiger partial charge >= 0.3 is 0 Å². The zero-order chi connectivity index (χ0) is 21.1. The number of rotatable bonds is 8. The van der Waals surface area contributed by atoms with Gasteiger partial charge in [0, 0.05) is 60.1 Å². The van der Waals surface area contributed by atoms with Gasteiger partial charge in [-0.3, -0.25) is 4.79 Å². The van der Waals surface area contributed by atoms with Crippen LogP contribution in [-0.4, -0.2) is 68.5 Å². The molecule has 1 aromatic carbocycles. The molecule has 3 aromatic heterocycles. The minimum absolute atomic E-state index is 0.162. The Kier molecular flexibility index (Phi) is 5.69. The van der Waals surface area contributed by atoms with E-state index in [1.807, 2.05) is 41.9 Å². The maximum atomic E-state index is 12.3. The zero-order valence-electron chi connectivity index (χ0n) is 16.7. The Bertz CT molecular complexity index is 1140. The fraction of sp³-hybridized carbons (Fsp3) is 0.273. The van der Waals surface area contributed by atoms with Crippen LogP contribution >= 0.6 is 0 Å². The first-order valence-electron chi connectivity index (χ1n) is 9.76. The van der Waals surface area contributed by atoms with E-state index in [0.717, 1.165) is 33.2 Å². The van der Waals surface area contributed by atoms with Crippen LogP contribution in [0.1, 0.15) is 0 Å². The van der Waals surface area contributed by atoms with Crippen molar-refractivity contribution < 1.29 is 19.7 Å². The topological polar surface area (TPSA) is 104 Å². The van der Waals surface area contributed by atoms with E-state index in [9.17, 15) is 4.79 Å². The van der Waals surface area contributed by atoms with Crippen LogP contribution in [0.3, 0.4) is 0 Å². The Morgan fingerprint density at radius 2 is 2.00 bits per heavy atom. The summed E-state index contributed by atoms with van der Waals surface area (Å²) in [7, 11) is 1.98. The molecule has 0 atom stereocenters. The Balaban J connectivity index is 1.60. The molecule has 0 radical (unpaired) electrons. The van der Waals surface area contributed by atoms with E-state index in [1.165, 1.54) is 4.90 Å². The average Bonchev–Trinajstić information content (AvgIpc) is 3.32. The maximum Gasteiger partial charge on any atom is 0.260 e. The molecule has 8 nitrogen and oxygen atoms in total. The molecule has 156 valence electrons. The first kappa shape index (κ1) is 19.9. The second-order valence-corrected chi connectivity index (χ2v) is 7.07. The number of H-pyrrole nitrogens is 1. The molecule has 3 heterocycles. The summed E-state index contributed by atoms with van der Waals surface area (Å²) in [6, 6.07) is 11.7. The van der Waals surface area contributed by atoms with Crippen molar-refractivity contribution >= 4 is 27.8 Å². The molecule has 0 fully saturated rings. The molecule has 1 amide bonds. The summed E-state index contributed by atoms with van der Waals surface area (Å²) in [5.74, 6) is 0.290. The summed E-state index contributed by atoms with van der Waals surface area (Å²) in [4.78, 5) is 21.4. The van der Waals surface area contributed by atoms with E-state index < -0.39 is 0 Å². The number of fused-ring (bicyclic) bond motifs is 2. The number of carbonyl (C=O) groups is 1. The Morgan fingerprint density at radius 1 is 1.20 bits per heavy atom. The number of aliphatic hydroxyl groups excluding tert-OH is 2. The number of aromatic nitrogens is 3. The second-order valence-electron chi connectivity index (χ2n) is 7.07. The van der Waals surface area contributed by atoms with Crippen LogP contribution in [0.4, 0.5) is 0 Å². The minimum Gasteiger partial charge on any atom is -0.484 e. The number of benzene rings is 1. The van der Waals surface area contributed by atoms with E-state index in [-0.39, 0.29) is 38.8 Å². The Labute approximate surface area is 173 Å². The molecule has 30 heavy (non-hydrogen) atoms. The van der Waals surface area contributed by atoms with Gasteiger partial charge in [0.15, 0.2) is 6.61 Å². The summed E-state index contributed by atoms with van der Waals surface area (Å²) in [5.41, 5.74) is 3.84. The lowest BCUT2D eigenvalue weighted by atomic mass is 10.1. The van der Waals surface area contributed by atoms with E-state index >= 15 is 0 Å². The Hall–Kier alpha value is -3.36. The van der Waals surface area contributed by atoms with Crippen molar-refractivity contribution in [3.05, 3.63) is 48.8 Å². The van der Waals surface area contributed by atoms with Crippen molar-refractivity contribution in [2.75, 3.05) is 32.9 Å². The van der Waals surface area contributed by atoms with Gasteiger partial charge < -0.3 is 29.4 Å². The number of ether oxygens (including phenoxy) is 1. The molecule has 0 saturated carbocycles. The van der Waals surface area contributed by atoms with Gasteiger partial charge in [0.05, 0.1) is 13.2 Å². The van der Waals surface area contributed by atoms with Crippen LogP contribution in [-0.2, 0) is 11.8 Å². The fourth-order valence-corrected chi connectivity index (χ4v) is 3.62. The van der Waals surface area contributed by atoms with Crippen molar-refractivity contribution in [2.45, 2.75) is 0 Å². The highest BCUT2D eigenvalue weighted by Crippen LogP contribution is 2.33. The van der Waals surface area contributed by atoms with Gasteiger partial charge in [-0.1, -0.05) is 0 Å². The van der Waals surface area contributed by atoms with Crippen LogP contribution < -0.4 is 4.74 Å². The van der Waals surface area contributed by atoms with Gasteiger partial charge in [-0.2, -0.15) is 0 Å². The first-order chi connectivity index (χ1) is 14.6. The smallest absolute Gasteiger partial charge is 0.260 e. The van der Waals surface area contributed by atoms with E-state index in [4.69, 9.17) is 14.9 Å². The van der Waals surface area contributed by atoms with Crippen molar-refractivity contribution in [3.8, 4) is 17.0 Å². The summed E-state index contributed by atoms with van der Waals surface area (Å²) in [5, 5.41) is 20.2. The third-order valence-electron chi connectivity index (χ3n) is 5.10.